The number of benzene rings is 1. The van der Waals surface area contributed by atoms with E-state index in [2.05, 4.69) is 15.3 Å². The first-order valence-electron chi connectivity index (χ1n) is 8.20. The molecule has 2 aromatic heterocycles. The molecule has 0 unspecified atom stereocenters. The average molecular weight is 355 g/mol. The molecular weight excluding hydrogens is 334 g/mol. The van der Waals surface area contributed by atoms with Crippen LogP contribution in [0.1, 0.15) is 52.0 Å². The van der Waals surface area contributed by atoms with Gasteiger partial charge in [-0.2, -0.15) is 0 Å². The van der Waals surface area contributed by atoms with Gasteiger partial charge >= 0.3 is 0 Å². The Morgan fingerprint density at radius 3 is 2.60 bits per heavy atom. The zero-order valence-electron chi connectivity index (χ0n) is 15.0. The van der Waals surface area contributed by atoms with Crippen molar-refractivity contribution in [2.45, 2.75) is 40.5 Å². The van der Waals surface area contributed by atoms with E-state index < -0.39 is 0 Å². The highest BCUT2D eigenvalue weighted by Gasteiger charge is 2.20. The summed E-state index contributed by atoms with van der Waals surface area (Å²) in [5.41, 5.74) is 3.41. The van der Waals surface area contributed by atoms with E-state index in [0.717, 1.165) is 16.8 Å². The van der Waals surface area contributed by atoms with Gasteiger partial charge in [0.15, 0.2) is 0 Å². The molecule has 0 saturated heterocycles. The van der Waals surface area contributed by atoms with Crippen molar-refractivity contribution in [2.75, 3.05) is 5.32 Å². The molecule has 0 bridgehead atoms. The fourth-order valence-electron chi connectivity index (χ4n) is 2.78. The van der Waals surface area contributed by atoms with Gasteiger partial charge in [-0.3, -0.25) is 9.59 Å². The van der Waals surface area contributed by atoms with Gasteiger partial charge in [0.2, 0.25) is 0 Å². The molecule has 5 nitrogen and oxygen atoms in total. The van der Waals surface area contributed by atoms with Crippen LogP contribution < -0.4 is 10.9 Å². The van der Waals surface area contributed by atoms with E-state index in [-0.39, 0.29) is 17.4 Å². The van der Waals surface area contributed by atoms with Gasteiger partial charge < -0.3 is 10.3 Å². The number of H-pyrrole nitrogens is 1. The molecule has 2 N–H and O–H groups in total. The number of amides is 1. The molecule has 6 heteroatoms. The van der Waals surface area contributed by atoms with Crippen LogP contribution in [0.5, 0.6) is 0 Å². The third-order valence-electron chi connectivity index (χ3n) is 4.20. The van der Waals surface area contributed by atoms with Gasteiger partial charge in [-0.05, 0) is 38.0 Å². The second-order valence-electron chi connectivity index (χ2n) is 6.61. The molecular formula is C19H21N3O2S. The predicted octanol–water partition coefficient (Wildman–Crippen LogP) is 4.29. The summed E-state index contributed by atoms with van der Waals surface area (Å²) in [6.45, 7) is 9.71. The number of hydrogen-bond donors (Lipinski definition) is 2. The number of carbonyl (C=O) groups excluding carboxylic acids is 1. The summed E-state index contributed by atoms with van der Waals surface area (Å²) < 4.78 is 0. The van der Waals surface area contributed by atoms with Crippen molar-refractivity contribution in [3.63, 3.8) is 0 Å². The number of rotatable bonds is 3. The zero-order valence-corrected chi connectivity index (χ0v) is 15.8. The highest BCUT2D eigenvalue weighted by Crippen LogP contribution is 2.29. The number of carbonyl (C=O) groups is 1. The Morgan fingerprint density at radius 1 is 1.24 bits per heavy atom. The first-order chi connectivity index (χ1) is 11.8. The SMILES string of the molecule is Cc1ccc(NC(=O)c2sc3nc(C(C)C)[nH]c(=O)c3c2C)c(C)c1. The van der Waals surface area contributed by atoms with Crippen molar-refractivity contribution in [2.24, 2.45) is 0 Å². The molecule has 0 aliphatic carbocycles. The summed E-state index contributed by atoms with van der Waals surface area (Å²) in [5, 5.41) is 3.44. The lowest BCUT2D eigenvalue weighted by Crippen LogP contribution is -2.14. The number of hydrogen-bond acceptors (Lipinski definition) is 4. The maximum Gasteiger partial charge on any atom is 0.266 e. The molecule has 0 atom stereocenters. The Kier molecular flexibility index (Phi) is 4.47. The Balaban J connectivity index is 2.03. The molecule has 0 saturated carbocycles. The molecule has 3 aromatic rings. The van der Waals surface area contributed by atoms with Gasteiger partial charge in [-0.15, -0.1) is 11.3 Å². The summed E-state index contributed by atoms with van der Waals surface area (Å²) in [6.07, 6.45) is 0. The van der Waals surface area contributed by atoms with Gasteiger partial charge in [0.1, 0.15) is 10.7 Å². The van der Waals surface area contributed by atoms with Crippen LogP contribution in [-0.2, 0) is 0 Å². The quantitative estimate of drug-likeness (QED) is 0.736. The monoisotopic (exact) mass is 355 g/mol. The van der Waals surface area contributed by atoms with Gasteiger partial charge in [0.05, 0.1) is 10.3 Å². The number of aromatic nitrogens is 2. The summed E-state index contributed by atoms with van der Waals surface area (Å²) >= 11 is 1.26. The lowest BCUT2D eigenvalue weighted by atomic mass is 10.1. The molecule has 25 heavy (non-hydrogen) atoms. The fraction of sp³-hybridized carbons (Fsp3) is 0.316. The Labute approximate surface area is 150 Å². The summed E-state index contributed by atoms with van der Waals surface area (Å²) in [6, 6.07) is 5.88. The second-order valence-corrected chi connectivity index (χ2v) is 7.61. The predicted molar refractivity (Wildman–Crippen MR) is 103 cm³/mol. The number of nitrogens with one attached hydrogen (secondary N) is 2. The largest absolute Gasteiger partial charge is 0.321 e. The van der Waals surface area contributed by atoms with E-state index in [0.29, 0.717) is 26.5 Å². The Bertz CT molecular complexity index is 1030. The number of aromatic amines is 1. The van der Waals surface area contributed by atoms with E-state index in [1.54, 1.807) is 6.92 Å². The van der Waals surface area contributed by atoms with E-state index in [1.807, 2.05) is 45.9 Å². The number of anilines is 1. The summed E-state index contributed by atoms with van der Waals surface area (Å²) in [5.74, 6) is 0.546. The first-order valence-corrected chi connectivity index (χ1v) is 9.01. The molecule has 0 spiro atoms. The number of aryl methyl sites for hydroxylation is 3. The molecule has 1 amide bonds. The Hall–Kier alpha value is -2.47. The van der Waals surface area contributed by atoms with Crippen molar-refractivity contribution in [3.05, 3.63) is 55.9 Å². The molecule has 2 heterocycles. The van der Waals surface area contributed by atoms with Crippen molar-refractivity contribution >= 4 is 33.1 Å². The van der Waals surface area contributed by atoms with Crippen LogP contribution in [-0.4, -0.2) is 15.9 Å². The fourth-order valence-corrected chi connectivity index (χ4v) is 3.87. The first kappa shape index (κ1) is 17.4. The van der Waals surface area contributed by atoms with Crippen molar-refractivity contribution in [3.8, 4) is 0 Å². The van der Waals surface area contributed by atoms with Gasteiger partial charge in [0, 0.05) is 11.6 Å². The Morgan fingerprint density at radius 2 is 1.96 bits per heavy atom. The van der Waals surface area contributed by atoms with E-state index in [4.69, 9.17) is 0 Å². The summed E-state index contributed by atoms with van der Waals surface area (Å²) in [7, 11) is 0. The normalized spacial score (nSPS) is 11.3. The van der Waals surface area contributed by atoms with E-state index in [9.17, 15) is 9.59 Å². The highest BCUT2D eigenvalue weighted by molar-refractivity contribution is 7.20. The third-order valence-corrected chi connectivity index (χ3v) is 5.39. The lowest BCUT2D eigenvalue weighted by molar-refractivity contribution is 0.103. The van der Waals surface area contributed by atoms with Crippen molar-refractivity contribution in [1.29, 1.82) is 0 Å². The molecule has 0 fully saturated rings. The van der Waals surface area contributed by atoms with Gasteiger partial charge in [0.25, 0.3) is 11.5 Å². The maximum absolute atomic E-state index is 12.7. The topological polar surface area (TPSA) is 74.8 Å². The minimum atomic E-state index is -0.210. The number of nitrogens with zero attached hydrogens (tertiary/aromatic N) is 1. The minimum Gasteiger partial charge on any atom is -0.321 e. The number of fused-ring (bicyclic) bond motifs is 1. The third kappa shape index (κ3) is 3.22. The average Bonchev–Trinajstić information content (AvgIpc) is 2.87. The molecule has 130 valence electrons. The van der Waals surface area contributed by atoms with Gasteiger partial charge in [-0.25, -0.2) is 4.98 Å². The molecule has 1 aromatic carbocycles. The second kappa shape index (κ2) is 6.44. The van der Waals surface area contributed by atoms with Crippen LogP contribution in [0.4, 0.5) is 5.69 Å². The lowest BCUT2D eigenvalue weighted by Gasteiger charge is -2.08. The van der Waals surface area contributed by atoms with E-state index >= 15 is 0 Å². The molecule has 0 aliphatic rings. The van der Waals surface area contributed by atoms with Crippen molar-refractivity contribution < 1.29 is 4.79 Å². The zero-order chi connectivity index (χ0) is 18.3. The van der Waals surface area contributed by atoms with Gasteiger partial charge in [-0.1, -0.05) is 31.5 Å². The maximum atomic E-state index is 12.7. The van der Waals surface area contributed by atoms with Crippen LogP contribution in [0.25, 0.3) is 10.2 Å². The number of thiophene rings is 1. The molecule has 0 aliphatic heterocycles. The molecule has 0 radical (unpaired) electrons. The van der Waals surface area contributed by atoms with Crippen LogP contribution in [0.15, 0.2) is 23.0 Å². The highest BCUT2D eigenvalue weighted by atomic mass is 32.1. The van der Waals surface area contributed by atoms with Crippen molar-refractivity contribution in [1.82, 2.24) is 9.97 Å². The standard InChI is InChI=1S/C19H21N3O2S/c1-9(2)16-21-17(23)14-12(5)15(25-19(14)22-16)18(24)20-13-7-6-10(3)8-11(13)4/h6-9H,1-5H3,(H,20,24)(H,21,22,23). The van der Waals surface area contributed by atoms with Crippen LogP contribution >= 0.6 is 11.3 Å². The smallest absolute Gasteiger partial charge is 0.266 e. The van der Waals surface area contributed by atoms with Crippen LogP contribution in [0.3, 0.4) is 0 Å². The van der Waals surface area contributed by atoms with Crippen LogP contribution in [0, 0.1) is 20.8 Å². The summed E-state index contributed by atoms with van der Waals surface area (Å²) in [4.78, 5) is 33.6. The van der Waals surface area contributed by atoms with E-state index in [1.165, 1.54) is 11.3 Å². The van der Waals surface area contributed by atoms with Crippen LogP contribution in [0.2, 0.25) is 0 Å². The minimum absolute atomic E-state index is 0.118. The molecule has 3 rings (SSSR count).